The molecule has 0 bridgehead atoms. The fourth-order valence-electron chi connectivity index (χ4n) is 2.72. The summed E-state index contributed by atoms with van der Waals surface area (Å²) in [5, 5.41) is 11.2. The van der Waals surface area contributed by atoms with Crippen LogP contribution in [-0.4, -0.2) is 27.1 Å². The number of sulfonamides is 1. The van der Waals surface area contributed by atoms with E-state index in [0.717, 1.165) is 21.2 Å². The van der Waals surface area contributed by atoms with Gasteiger partial charge in [0.2, 0.25) is 10.0 Å². The van der Waals surface area contributed by atoms with Crippen LogP contribution in [0.4, 0.5) is 5.00 Å². The number of phenolic OH excluding ortho intramolecular Hbond substituents is 1. The van der Waals surface area contributed by atoms with Gasteiger partial charge in [-0.25, -0.2) is 8.42 Å². The van der Waals surface area contributed by atoms with Crippen molar-refractivity contribution in [1.82, 2.24) is 0 Å². The van der Waals surface area contributed by atoms with Gasteiger partial charge in [-0.05, 0) is 41.6 Å². The number of nitrogens with zero attached hydrogens (tertiary/aromatic N) is 1. The molecule has 2 radical (unpaired) electrons. The number of hydrogen-bond acceptors (Lipinski definition) is 4. The predicted octanol–water partition coefficient (Wildman–Crippen LogP) is 3.84. The Bertz CT molecular complexity index is 981. The van der Waals surface area contributed by atoms with Crippen LogP contribution in [0.25, 0.3) is 10.1 Å². The largest absolute Gasteiger partial charge is 0.508 e. The Hall–Kier alpha value is -1.99. The van der Waals surface area contributed by atoms with Gasteiger partial charge in [0.1, 0.15) is 10.8 Å². The van der Waals surface area contributed by atoms with Crippen molar-refractivity contribution in [3.05, 3.63) is 59.7 Å². The summed E-state index contributed by atoms with van der Waals surface area (Å²) in [6.45, 7) is 2.15. The second-order valence-corrected chi connectivity index (χ2v) is 8.85. The minimum Gasteiger partial charge on any atom is -0.508 e. The van der Waals surface area contributed by atoms with Gasteiger partial charge < -0.3 is 5.11 Å². The lowest BCUT2D eigenvalue weighted by atomic mass is 10.1. The van der Waals surface area contributed by atoms with E-state index in [0.29, 0.717) is 5.00 Å². The van der Waals surface area contributed by atoms with Crippen LogP contribution in [0.2, 0.25) is 6.32 Å². The van der Waals surface area contributed by atoms with Gasteiger partial charge in [0.15, 0.2) is 0 Å². The monoisotopic (exact) mass is 371 g/mol. The Morgan fingerprint density at radius 1 is 1.12 bits per heavy atom. The molecule has 0 aliphatic rings. The van der Waals surface area contributed by atoms with Gasteiger partial charge >= 0.3 is 0 Å². The lowest BCUT2D eigenvalue weighted by Gasteiger charge is -2.24. The van der Waals surface area contributed by atoms with Crippen LogP contribution in [0.5, 0.6) is 5.75 Å². The third-order valence-electron chi connectivity index (χ3n) is 4.02. The summed E-state index contributed by atoms with van der Waals surface area (Å²) in [5.74, 6) is 0.0387. The molecule has 3 rings (SSSR count). The van der Waals surface area contributed by atoms with Gasteiger partial charge in [0.25, 0.3) is 0 Å². The van der Waals surface area contributed by atoms with Gasteiger partial charge in [0.05, 0.1) is 20.1 Å². The standard InChI is InChI=1S/C18H18BNO3S2/c1-13-16-4-2-3-5-17(16)24-18(13)20(25(22,23)11-10-19)12-14-6-8-15(21)9-7-14/h2-9,21H,10-12H2,1H3. The molecule has 0 saturated carbocycles. The topological polar surface area (TPSA) is 57.6 Å². The first-order chi connectivity index (χ1) is 11.9. The second-order valence-electron chi connectivity index (χ2n) is 5.81. The van der Waals surface area contributed by atoms with E-state index in [2.05, 4.69) is 0 Å². The molecule has 1 heterocycles. The predicted molar refractivity (Wildman–Crippen MR) is 105 cm³/mol. The minimum atomic E-state index is -3.55. The van der Waals surface area contributed by atoms with E-state index < -0.39 is 10.0 Å². The van der Waals surface area contributed by atoms with Gasteiger partial charge in [-0.1, -0.05) is 36.7 Å². The second kappa shape index (κ2) is 7.10. The van der Waals surface area contributed by atoms with Gasteiger partial charge in [-0.15, -0.1) is 11.3 Å². The highest BCUT2D eigenvalue weighted by Gasteiger charge is 2.26. The molecule has 1 aromatic heterocycles. The summed E-state index contributed by atoms with van der Waals surface area (Å²) in [6, 6.07) is 14.4. The minimum absolute atomic E-state index is 0.0678. The first kappa shape index (κ1) is 17.8. The molecule has 1 N–H and O–H groups in total. The highest BCUT2D eigenvalue weighted by atomic mass is 32.2. The fourth-order valence-corrected chi connectivity index (χ4v) is 5.54. The lowest BCUT2D eigenvalue weighted by molar-refractivity contribution is 0.475. The first-order valence-corrected chi connectivity index (χ1v) is 10.3. The van der Waals surface area contributed by atoms with E-state index >= 15 is 0 Å². The highest BCUT2D eigenvalue weighted by molar-refractivity contribution is 7.93. The smallest absolute Gasteiger partial charge is 0.235 e. The molecule has 2 aromatic carbocycles. The average molecular weight is 371 g/mol. The van der Waals surface area contributed by atoms with Crippen LogP contribution in [0.3, 0.4) is 0 Å². The summed E-state index contributed by atoms with van der Waals surface area (Å²) >= 11 is 1.46. The van der Waals surface area contributed by atoms with Gasteiger partial charge in [-0.3, -0.25) is 4.31 Å². The van der Waals surface area contributed by atoms with Gasteiger partial charge in [-0.2, -0.15) is 0 Å². The third kappa shape index (κ3) is 3.67. The molecule has 25 heavy (non-hydrogen) atoms. The molecule has 0 atom stereocenters. The van der Waals surface area contributed by atoms with E-state index in [1.54, 1.807) is 24.3 Å². The number of rotatable bonds is 6. The Morgan fingerprint density at radius 2 is 1.80 bits per heavy atom. The van der Waals surface area contributed by atoms with Crippen molar-refractivity contribution < 1.29 is 13.5 Å². The number of phenols is 1. The molecule has 3 aromatic rings. The molecular formula is C18H18BNO3S2. The molecule has 0 spiro atoms. The van der Waals surface area contributed by atoms with Crippen molar-refractivity contribution >= 4 is 44.3 Å². The quantitative estimate of drug-likeness (QED) is 0.670. The normalized spacial score (nSPS) is 11.7. The number of aromatic hydroxyl groups is 1. The summed E-state index contributed by atoms with van der Waals surface area (Å²) in [5.41, 5.74) is 1.75. The Kier molecular flexibility index (Phi) is 5.06. The van der Waals surface area contributed by atoms with Crippen molar-refractivity contribution in [3.63, 3.8) is 0 Å². The maximum absolute atomic E-state index is 12.8. The zero-order chi connectivity index (χ0) is 18.0. The number of anilines is 1. The van der Waals surface area contributed by atoms with Crippen molar-refractivity contribution in [2.75, 3.05) is 10.1 Å². The molecule has 0 amide bonds. The SMILES string of the molecule is [B]CCS(=O)(=O)N(Cc1ccc(O)cc1)c1sc2ccccc2c1C. The first-order valence-electron chi connectivity index (χ1n) is 7.89. The molecule has 0 aliphatic carbocycles. The van der Waals surface area contributed by atoms with Crippen LogP contribution >= 0.6 is 11.3 Å². The van der Waals surface area contributed by atoms with Crippen LogP contribution in [0.1, 0.15) is 11.1 Å². The molecule has 0 unspecified atom stereocenters. The van der Waals surface area contributed by atoms with Crippen molar-refractivity contribution in [3.8, 4) is 5.75 Å². The van der Waals surface area contributed by atoms with Crippen LogP contribution < -0.4 is 4.31 Å². The van der Waals surface area contributed by atoms with E-state index in [1.807, 2.05) is 31.2 Å². The molecule has 7 heteroatoms. The summed E-state index contributed by atoms with van der Waals surface area (Å²) in [7, 11) is 1.97. The lowest BCUT2D eigenvalue weighted by Crippen LogP contribution is -2.32. The van der Waals surface area contributed by atoms with E-state index in [1.165, 1.54) is 15.6 Å². The highest BCUT2D eigenvalue weighted by Crippen LogP contribution is 2.39. The van der Waals surface area contributed by atoms with Crippen LogP contribution in [-0.2, 0) is 16.6 Å². The number of hydrogen-bond donors (Lipinski definition) is 1. The van der Waals surface area contributed by atoms with E-state index in [4.69, 9.17) is 7.85 Å². The molecular weight excluding hydrogens is 353 g/mol. The number of benzene rings is 2. The maximum Gasteiger partial charge on any atom is 0.235 e. The molecule has 0 aliphatic heterocycles. The maximum atomic E-state index is 12.8. The van der Waals surface area contributed by atoms with E-state index in [-0.39, 0.29) is 24.4 Å². The zero-order valence-electron chi connectivity index (χ0n) is 13.8. The average Bonchev–Trinajstić information content (AvgIpc) is 2.91. The molecule has 0 fully saturated rings. The Balaban J connectivity index is 2.09. The van der Waals surface area contributed by atoms with Crippen molar-refractivity contribution in [2.24, 2.45) is 0 Å². The Morgan fingerprint density at radius 3 is 2.44 bits per heavy atom. The fraction of sp³-hybridized carbons (Fsp3) is 0.222. The van der Waals surface area contributed by atoms with Crippen LogP contribution in [0.15, 0.2) is 48.5 Å². The molecule has 128 valence electrons. The van der Waals surface area contributed by atoms with E-state index in [9.17, 15) is 13.5 Å². The molecule has 4 nitrogen and oxygen atoms in total. The summed E-state index contributed by atoms with van der Waals surface area (Å²) in [4.78, 5) is 0. The molecule has 0 saturated heterocycles. The Labute approximate surface area is 153 Å². The summed E-state index contributed by atoms with van der Waals surface area (Å²) in [6.07, 6.45) is 0.0678. The number of aryl methyl sites for hydroxylation is 1. The number of fused-ring (bicyclic) bond motifs is 1. The van der Waals surface area contributed by atoms with Crippen molar-refractivity contribution in [2.45, 2.75) is 19.8 Å². The number of thiophene rings is 1. The van der Waals surface area contributed by atoms with Crippen LogP contribution in [0, 0.1) is 6.92 Å². The zero-order valence-corrected chi connectivity index (χ0v) is 15.5. The summed E-state index contributed by atoms with van der Waals surface area (Å²) < 4.78 is 28.2. The third-order valence-corrected chi connectivity index (χ3v) is 7.17. The van der Waals surface area contributed by atoms with Gasteiger partial charge in [0, 0.05) is 4.70 Å². The van der Waals surface area contributed by atoms with Crippen molar-refractivity contribution in [1.29, 1.82) is 0 Å².